The van der Waals surface area contributed by atoms with Crippen LogP contribution in [0.4, 0.5) is 0 Å². The molecule has 0 saturated carbocycles. The van der Waals surface area contributed by atoms with Crippen LogP contribution in [0.15, 0.2) is 29.6 Å². The number of hydrogen-bond acceptors (Lipinski definition) is 5. The first-order valence-electron chi connectivity index (χ1n) is 8.60. The van der Waals surface area contributed by atoms with E-state index in [-0.39, 0.29) is 18.4 Å². The molecule has 1 amide bonds. The molecule has 0 aliphatic carbocycles. The molecule has 140 valence electrons. The molecule has 0 radical (unpaired) electrons. The number of halogens is 1. The lowest BCUT2D eigenvalue weighted by Crippen LogP contribution is -2.46. The van der Waals surface area contributed by atoms with Crippen LogP contribution in [0.25, 0.3) is 0 Å². The van der Waals surface area contributed by atoms with Gasteiger partial charge in [-0.2, -0.15) is 0 Å². The third kappa shape index (κ3) is 5.54. The molecule has 7 heteroatoms. The maximum atomic E-state index is 12.5. The Kier molecular flexibility index (Phi) is 7.60. The van der Waals surface area contributed by atoms with Gasteiger partial charge in [-0.3, -0.25) is 4.79 Å². The molecule has 0 bridgehead atoms. The molecule has 1 heterocycles. The summed E-state index contributed by atoms with van der Waals surface area (Å²) in [6.45, 7) is 6.01. The Balaban J connectivity index is 2.01. The maximum absolute atomic E-state index is 12.5. The Labute approximate surface area is 162 Å². The van der Waals surface area contributed by atoms with Crippen LogP contribution in [0.1, 0.15) is 48.3 Å². The number of aryl methyl sites for hydroxylation is 1. The summed E-state index contributed by atoms with van der Waals surface area (Å²) in [6, 6.07) is 5.81. The van der Waals surface area contributed by atoms with Gasteiger partial charge in [0.2, 0.25) is 0 Å². The van der Waals surface area contributed by atoms with E-state index in [0.717, 1.165) is 23.5 Å². The molecular weight excluding hydrogens is 372 g/mol. The van der Waals surface area contributed by atoms with Crippen molar-refractivity contribution in [2.75, 3.05) is 0 Å². The van der Waals surface area contributed by atoms with E-state index < -0.39 is 12.0 Å². The third-order valence-electron chi connectivity index (χ3n) is 4.12. The molecule has 2 aromatic rings. The van der Waals surface area contributed by atoms with E-state index in [1.54, 1.807) is 35.6 Å². The normalized spacial score (nSPS) is 13.1. The van der Waals surface area contributed by atoms with Crippen molar-refractivity contribution < 1.29 is 14.3 Å². The fourth-order valence-corrected chi connectivity index (χ4v) is 3.16. The van der Waals surface area contributed by atoms with E-state index in [9.17, 15) is 9.59 Å². The van der Waals surface area contributed by atoms with Crippen LogP contribution in [0, 0.1) is 5.92 Å². The van der Waals surface area contributed by atoms with E-state index in [1.165, 1.54) is 0 Å². The molecule has 0 aliphatic heterocycles. The minimum absolute atomic E-state index is 0.0552. The molecule has 0 unspecified atom stereocenters. The van der Waals surface area contributed by atoms with Crippen LogP contribution in [0.2, 0.25) is 5.02 Å². The minimum Gasteiger partial charge on any atom is -0.458 e. The molecule has 1 aromatic heterocycles. The molecule has 2 rings (SSSR count). The van der Waals surface area contributed by atoms with Crippen LogP contribution >= 0.6 is 22.9 Å². The highest BCUT2D eigenvalue weighted by Crippen LogP contribution is 2.15. The fraction of sp³-hybridized carbons (Fsp3) is 0.421. The van der Waals surface area contributed by atoms with Gasteiger partial charge in [0.25, 0.3) is 5.91 Å². The Morgan fingerprint density at radius 1 is 1.27 bits per heavy atom. The Morgan fingerprint density at radius 2 is 1.96 bits per heavy atom. The van der Waals surface area contributed by atoms with Crippen molar-refractivity contribution in [2.45, 2.75) is 46.3 Å². The smallest absolute Gasteiger partial charge is 0.329 e. The van der Waals surface area contributed by atoms with E-state index in [2.05, 4.69) is 10.3 Å². The lowest BCUT2D eigenvalue weighted by Gasteiger charge is -2.22. The number of amides is 1. The number of hydrogen-bond donors (Lipinski definition) is 1. The number of ether oxygens (including phenoxy) is 1. The molecule has 0 aliphatic rings. The van der Waals surface area contributed by atoms with Crippen LogP contribution in [-0.2, 0) is 22.6 Å². The van der Waals surface area contributed by atoms with Gasteiger partial charge in [-0.05, 0) is 36.6 Å². The summed E-state index contributed by atoms with van der Waals surface area (Å²) < 4.78 is 5.40. The molecule has 0 saturated heterocycles. The van der Waals surface area contributed by atoms with E-state index in [4.69, 9.17) is 16.3 Å². The van der Waals surface area contributed by atoms with Gasteiger partial charge in [0.1, 0.15) is 12.6 Å². The van der Waals surface area contributed by atoms with Crippen LogP contribution in [-0.4, -0.2) is 22.9 Å². The zero-order valence-corrected chi connectivity index (χ0v) is 16.7. The second-order valence-corrected chi connectivity index (χ2v) is 7.42. The Morgan fingerprint density at radius 3 is 2.54 bits per heavy atom. The SMILES string of the molecule is CCc1nc(COC(=O)[C@@H](NC(=O)c2ccc(Cl)cc2)[C@@H](C)CC)cs1. The molecular formula is C19H23ClN2O3S. The predicted molar refractivity (Wildman–Crippen MR) is 103 cm³/mol. The van der Waals surface area contributed by atoms with Gasteiger partial charge >= 0.3 is 5.97 Å². The van der Waals surface area contributed by atoms with Gasteiger partial charge in [0, 0.05) is 16.0 Å². The number of nitrogens with one attached hydrogen (secondary N) is 1. The number of benzene rings is 1. The maximum Gasteiger partial charge on any atom is 0.329 e. The number of esters is 1. The van der Waals surface area contributed by atoms with Crippen molar-refractivity contribution in [3.8, 4) is 0 Å². The number of aromatic nitrogens is 1. The summed E-state index contributed by atoms with van der Waals surface area (Å²) in [5.41, 5.74) is 1.18. The lowest BCUT2D eigenvalue weighted by atomic mass is 9.99. The number of thiazole rings is 1. The van der Waals surface area contributed by atoms with Crippen LogP contribution in [0.3, 0.4) is 0 Å². The zero-order chi connectivity index (χ0) is 19.1. The van der Waals surface area contributed by atoms with E-state index in [1.807, 2.05) is 26.2 Å². The van der Waals surface area contributed by atoms with Gasteiger partial charge in [0.15, 0.2) is 0 Å². The first-order chi connectivity index (χ1) is 12.4. The quantitative estimate of drug-likeness (QED) is 0.679. The summed E-state index contributed by atoms with van der Waals surface area (Å²) in [5, 5.41) is 6.22. The first kappa shape index (κ1) is 20.4. The van der Waals surface area contributed by atoms with Crippen molar-refractivity contribution in [2.24, 2.45) is 5.92 Å². The van der Waals surface area contributed by atoms with Crippen molar-refractivity contribution in [1.29, 1.82) is 0 Å². The predicted octanol–water partition coefficient (Wildman–Crippen LogP) is 4.25. The average molecular weight is 395 g/mol. The molecule has 2 atom stereocenters. The van der Waals surface area contributed by atoms with E-state index in [0.29, 0.717) is 10.6 Å². The monoisotopic (exact) mass is 394 g/mol. The zero-order valence-electron chi connectivity index (χ0n) is 15.1. The summed E-state index contributed by atoms with van der Waals surface area (Å²) in [4.78, 5) is 29.3. The Hall–Kier alpha value is -1.92. The number of nitrogens with zero attached hydrogens (tertiary/aromatic N) is 1. The summed E-state index contributed by atoms with van der Waals surface area (Å²) in [7, 11) is 0. The summed E-state index contributed by atoms with van der Waals surface area (Å²) >= 11 is 7.39. The molecule has 26 heavy (non-hydrogen) atoms. The average Bonchev–Trinajstić information content (AvgIpc) is 3.12. The summed E-state index contributed by atoms with van der Waals surface area (Å²) in [5.74, 6) is -0.834. The molecule has 1 aromatic carbocycles. The summed E-state index contributed by atoms with van der Waals surface area (Å²) in [6.07, 6.45) is 1.59. The number of rotatable bonds is 8. The number of carbonyl (C=O) groups is 2. The van der Waals surface area contributed by atoms with Gasteiger partial charge < -0.3 is 10.1 Å². The van der Waals surface area contributed by atoms with Crippen LogP contribution in [0.5, 0.6) is 0 Å². The molecule has 0 spiro atoms. The highest BCUT2D eigenvalue weighted by molar-refractivity contribution is 7.09. The molecule has 5 nitrogen and oxygen atoms in total. The Bertz CT molecular complexity index is 745. The third-order valence-corrected chi connectivity index (χ3v) is 5.42. The lowest BCUT2D eigenvalue weighted by molar-refractivity contribution is -0.148. The van der Waals surface area contributed by atoms with Crippen molar-refractivity contribution in [3.05, 3.63) is 50.9 Å². The highest BCUT2D eigenvalue weighted by atomic mass is 35.5. The largest absolute Gasteiger partial charge is 0.458 e. The molecule has 0 fully saturated rings. The molecule has 1 N–H and O–H groups in total. The fourth-order valence-electron chi connectivity index (χ4n) is 2.31. The van der Waals surface area contributed by atoms with Crippen molar-refractivity contribution >= 4 is 34.8 Å². The van der Waals surface area contributed by atoms with Gasteiger partial charge in [-0.15, -0.1) is 11.3 Å². The number of carbonyl (C=O) groups excluding carboxylic acids is 2. The second kappa shape index (κ2) is 9.69. The van der Waals surface area contributed by atoms with Gasteiger partial charge in [-0.25, -0.2) is 9.78 Å². The van der Waals surface area contributed by atoms with Crippen molar-refractivity contribution in [3.63, 3.8) is 0 Å². The topological polar surface area (TPSA) is 68.3 Å². The van der Waals surface area contributed by atoms with E-state index >= 15 is 0 Å². The highest BCUT2D eigenvalue weighted by Gasteiger charge is 2.28. The van der Waals surface area contributed by atoms with Crippen LogP contribution < -0.4 is 5.32 Å². The second-order valence-electron chi connectivity index (χ2n) is 6.04. The standard InChI is InChI=1S/C19H23ClN2O3S/c1-4-12(3)17(22-18(23)13-6-8-14(20)9-7-13)19(24)25-10-15-11-26-16(5-2)21-15/h6-9,11-12,17H,4-5,10H2,1-3H3,(H,22,23)/t12-,17-/m0/s1. The minimum atomic E-state index is -0.715. The van der Waals surface area contributed by atoms with Gasteiger partial charge in [-0.1, -0.05) is 38.8 Å². The first-order valence-corrected chi connectivity index (χ1v) is 9.86. The van der Waals surface area contributed by atoms with Crippen molar-refractivity contribution in [1.82, 2.24) is 10.3 Å². The van der Waals surface area contributed by atoms with Gasteiger partial charge in [0.05, 0.1) is 10.7 Å².